The van der Waals surface area contributed by atoms with Crippen LogP contribution in [0, 0.1) is 0 Å². The summed E-state index contributed by atoms with van der Waals surface area (Å²) in [5.41, 5.74) is -0.326. The van der Waals surface area contributed by atoms with Crippen LogP contribution in [-0.4, -0.2) is 17.3 Å². The fraction of sp³-hybridized carbons (Fsp3) is 0.500. The molecule has 1 aliphatic carbocycles. The van der Waals surface area contributed by atoms with E-state index in [1.807, 2.05) is 24.3 Å². The van der Waals surface area contributed by atoms with Crippen LogP contribution in [-0.2, 0) is 0 Å². The molecule has 0 radical (unpaired) electrons. The first-order valence-corrected chi connectivity index (χ1v) is 6.09. The number of halogens is 1. The first-order chi connectivity index (χ1) is 7.24. The fourth-order valence-corrected chi connectivity index (χ4v) is 2.33. The number of aliphatic hydroxyl groups is 1. The van der Waals surface area contributed by atoms with Gasteiger partial charge in [-0.05, 0) is 49.9 Å². The van der Waals surface area contributed by atoms with Crippen LogP contribution in [0.4, 0.5) is 0 Å². The Morgan fingerprint density at radius 3 is 2.33 bits per heavy atom. The molecule has 82 valence electrons. The smallest absolute Gasteiger partial charge is 0.132 e. The molecule has 2 rings (SSSR count). The van der Waals surface area contributed by atoms with Crippen molar-refractivity contribution in [2.24, 2.45) is 0 Å². The second kappa shape index (κ2) is 4.54. The summed E-state index contributed by atoms with van der Waals surface area (Å²) in [7, 11) is 0. The van der Waals surface area contributed by atoms with Gasteiger partial charge in [-0.1, -0.05) is 15.9 Å². The van der Waals surface area contributed by atoms with Crippen molar-refractivity contribution in [3.63, 3.8) is 0 Å². The van der Waals surface area contributed by atoms with Crippen LogP contribution < -0.4 is 4.74 Å². The lowest BCUT2D eigenvalue weighted by molar-refractivity contribution is 0.0152. The number of aliphatic hydroxyl groups excluding tert-OH is 1. The minimum Gasteiger partial charge on any atom is -0.485 e. The zero-order chi connectivity index (χ0) is 10.7. The van der Waals surface area contributed by atoms with Crippen molar-refractivity contribution in [3.8, 4) is 5.75 Å². The lowest BCUT2D eigenvalue weighted by atomic mass is 10.0. The highest BCUT2D eigenvalue weighted by molar-refractivity contribution is 9.10. The van der Waals surface area contributed by atoms with Gasteiger partial charge in [0.05, 0.1) is 6.61 Å². The molecule has 2 nitrogen and oxygen atoms in total. The van der Waals surface area contributed by atoms with E-state index in [1.54, 1.807) is 0 Å². The van der Waals surface area contributed by atoms with Gasteiger partial charge in [-0.2, -0.15) is 0 Å². The summed E-state index contributed by atoms with van der Waals surface area (Å²) < 4.78 is 6.94. The maximum absolute atomic E-state index is 9.40. The summed E-state index contributed by atoms with van der Waals surface area (Å²) in [6.45, 7) is 0.114. The van der Waals surface area contributed by atoms with E-state index in [0.29, 0.717) is 0 Å². The van der Waals surface area contributed by atoms with Crippen molar-refractivity contribution in [2.45, 2.75) is 31.3 Å². The number of hydrogen-bond acceptors (Lipinski definition) is 2. The molecule has 0 unspecified atom stereocenters. The molecule has 1 saturated carbocycles. The molecule has 15 heavy (non-hydrogen) atoms. The maximum Gasteiger partial charge on any atom is 0.132 e. The maximum atomic E-state index is 9.40. The van der Waals surface area contributed by atoms with Gasteiger partial charge in [-0.3, -0.25) is 0 Å². The molecule has 1 fully saturated rings. The average molecular weight is 271 g/mol. The second-order valence-electron chi connectivity index (χ2n) is 4.10. The Morgan fingerprint density at radius 1 is 1.20 bits per heavy atom. The predicted molar refractivity (Wildman–Crippen MR) is 63.1 cm³/mol. The number of benzene rings is 1. The first-order valence-electron chi connectivity index (χ1n) is 5.30. The van der Waals surface area contributed by atoms with Gasteiger partial charge in [-0.25, -0.2) is 0 Å². The monoisotopic (exact) mass is 270 g/mol. The molecular weight excluding hydrogens is 256 g/mol. The Kier molecular flexibility index (Phi) is 3.32. The van der Waals surface area contributed by atoms with E-state index in [4.69, 9.17) is 4.74 Å². The van der Waals surface area contributed by atoms with Crippen LogP contribution in [0.1, 0.15) is 25.7 Å². The summed E-state index contributed by atoms with van der Waals surface area (Å²) in [5.74, 6) is 0.842. The van der Waals surface area contributed by atoms with Gasteiger partial charge in [0.1, 0.15) is 11.4 Å². The minimum atomic E-state index is -0.326. The van der Waals surface area contributed by atoms with Crippen LogP contribution in [0.3, 0.4) is 0 Å². The molecule has 0 spiro atoms. The number of hydrogen-bond donors (Lipinski definition) is 1. The Labute approximate surface area is 98.4 Å². The van der Waals surface area contributed by atoms with Crippen LogP contribution in [0.2, 0.25) is 0 Å². The third kappa shape index (κ3) is 2.52. The van der Waals surface area contributed by atoms with Gasteiger partial charge in [0.25, 0.3) is 0 Å². The van der Waals surface area contributed by atoms with Crippen LogP contribution in [0.5, 0.6) is 5.75 Å². The van der Waals surface area contributed by atoms with E-state index in [1.165, 1.54) is 0 Å². The highest BCUT2D eigenvalue weighted by atomic mass is 79.9. The SMILES string of the molecule is OCC1(Oc2ccc(Br)cc2)CCCC1. The normalized spacial score (nSPS) is 19.1. The molecule has 0 atom stereocenters. The summed E-state index contributed by atoms with van der Waals surface area (Å²) >= 11 is 3.38. The average Bonchev–Trinajstić information content (AvgIpc) is 2.71. The fourth-order valence-electron chi connectivity index (χ4n) is 2.06. The highest BCUT2D eigenvalue weighted by Crippen LogP contribution is 2.34. The van der Waals surface area contributed by atoms with Gasteiger partial charge in [0.2, 0.25) is 0 Å². The molecular formula is C12H15BrO2. The molecule has 0 saturated heterocycles. The number of ether oxygens (including phenoxy) is 1. The van der Waals surface area contributed by atoms with E-state index in [9.17, 15) is 5.11 Å². The Bertz CT molecular complexity index is 315. The lowest BCUT2D eigenvalue weighted by Gasteiger charge is -2.28. The zero-order valence-corrected chi connectivity index (χ0v) is 10.2. The van der Waals surface area contributed by atoms with Crippen LogP contribution in [0.15, 0.2) is 28.7 Å². The molecule has 0 heterocycles. The lowest BCUT2D eigenvalue weighted by Crippen LogP contribution is -2.36. The summed E-state index contributed by atoms with van der Waals surface area (Å²) in [6.07, 6.45) is 4.22. The zero-order valence-electron chi connectivity index (χ0n) is 8.58. The van der Waals surface area contributed by atoms with E-state index in [-0.39, 0.29) is 12.2 Å². The third-order valence-corrected chi connectivity index (χ3v) is 3.48. The van der Waals surface area contributed by atoms with Crippen LogP contribution >= 0.6 is 15.9 Å². The van der Waals surface area contributed by atoms with Gasteiger partial charge in [-0.15, -0.1) is 0 Å². The Hall–Kier alpha value is -0.540. The summed E-state index contributed by atoms with van der Waals surface area (Å²) in [5, 5.41) is 9.40. The van der Waals surface area contributed by atoms with Crippen molar-refractivity contribution in [2.75, 3.05) is 6.61 Å². The summed E-state index contributed by atoms with van der Waals surface area (Å²) in [6, 6.07) is 7.77. The molecule has 0 amide bonds. The van der Waals surface area contributed by atoms with E-state index >= 15 is 0 Å². The van der Waals surface area contributed by atoms with Crippen molar-refractivity contribution in [1.29, 1.82) is 0 Å². The van der Waals surface area contributed by atoms with Gasteiger partial charge in [0, 0.05) is 4.47 Å². The first kappa shape index (κ1) is 11.0. The minimum absolute atomic E-state index is 0.114. The van der Waals surface area contributed by atoms with E-state index < -0.39 is 0 Å². The van der Waals surface area contributed by atoms with Crippen molar-refractivity contribution in [1.82, 2.24) is 0 Å². The highest BCUT2D eigenvalue weighted by Gasteiger charge is 2.35. The van der Waals surface area contributed by atoms with E-state index in [2.05, 4.69) is 15.9 Å². The topological polar surface area (TPSA) is 29.5 Å². The quantitative estimate of drug-likeness (QED) is 0.915. The molecule has 1 N–H and O–H groups in total. The standard InChI is InChI=1S/C12H15BrO2/c13-10-3-5-11(6-4-10)15-12(9-14)7-1-2-8-12/h3-6,14H,1-2,7-9H2. The molecule has 3 heteroatoms. The largest absolute Gasteiger partial charge is 0.485 e. The third-order valence-electron chi connectivity index (χ3n) is 2.95. The molecule has 0 aliphatic heterocycles. The van der Waals surface area contributed by atoms with Gasteiger partial charge < -0.3 is 9.84 Å². The molecule has 0 bridgehead atoms. The van der Waals surface area contributed by atoms with Crippen molar-refractivity contribution in [3.05, 3.63) is 28.7 Å². The molecule has 1 aliphatic rings. The number of rotatable bonds is 3. The summed E-state index contributed by atoms with van der Waals surface area (Å²) in [4.78, 5) is 0. The van der Waals surface area contributed by atoms with Crippen LogP contribution in [0.25, 0.3) is 0 Å². The Balaban J connectivity index is 2.09. The predicted octanol–water partition coefficient (Wildman–Crippen LogP) is 3.13. The van der Waals surface area contributed by atoms with Crippen molar-refractivity contribution < 1.29 is 9.84 Å². The molecule has 1 aromatic carbocycles. The molecule has 1 aromatic rings. The van der Waals surface area contributed by atoms with Gasteiger partial charge in [0.15, 0.2) is 0 Å². The second-order valence-corrected chi connectivity index (χ2v) is 5.02. The molecule has 0 aromatic heterocycles. The van der Waals surface area contributed by atoms with Gasteiger partial charge >= 0.3 is 0 Å². The Morgan fingerprint density at radius 2 is 1.80 bits per heavy atom. The van der Waals surface area contributed by atoms with E-state index in [0.717, 1.165) is 35.9 Å². The van der Waals surface area contributed by atoms with Crippen molar-refractivity contribution >= 4 is 15.9 Å².